The maximum atomic E-state index is 4.35. The second kappa shape index (κ2) is 9.88. The second-order valence-corrected chi connectivity index (χ2v) is 13.5. The largest absolute Gasteiger partial charge is 0.310 e. The fourth-order valence-corrected chi connectivity index (χ4v) is 8.53. The Labute approximate surface area is 266 Å². The highest BCUT2D eigenvalue weighted by atomic mass is 32.1. The number of thiophene rings is 1. The average molecular weight is 595 g/mol. The van der Waals surface area contributed by atoms with Crippen molar-refractivity contribution in [2.75, 3.05) is 4.90 Å². The van der Waals surface area contributed by atoms with Crippen LogP contribution >= 0.6 is 11.3 Å². The van der Waals surface area contributed by atoms with E-state index in [0.717, 1.165) is 17.1 Å². The molecule has 8 aromatic rings. The quantitative estimate of drug-likeness (QED) is 0.201. The summed E-state index contributed by atoms with van der Waals surface area (Å²) in [6.07, 6.45) is 3.85. The smallest absolute Gasteiger partial charge is 0.0476 e. The molecule has 0 fully saturated rings. The van der Waals surface area contributed by atoms with E-state index >= 15 is 0 Å². The maximum absolute atomic E-state index is 4.35. The lowest BCUT2D eigenvalue weighted by Gasteiger charge is -2.27. The fourth-order valence-electron chi connectivity index (χ4n) is 7.26. The van der Waals surface area contributed by atoms with Crippen molar-refractivity contribution in [3.8, 4) is 22.3 Å². The molecule has 0 radical (unpaired) electrons. The molecular weight excluding hydrogens is 565 g/mol. The summed E-state index contributed by atoms with van der Waals surface area (Å²) in [6.45, 7) is 4.68. The minimum absolute atomic E-state index is 0.0269. The van der Waals surface area contributed by atoms with E-state index < -0.39 is 0 Å². The van der Waals surface area contributed by atoms with Crippen LogP contribution in [0.4, 0.5) is 17.1 Å². The molecule has 1 aliphatic rings. The minimum Gasteiger partial charge on any atom is -0.310 e. The number of hydrogen-bond acceptors (Lipinski definition) is 3. The molecule has 2 heterocycles. The first-order valence-electron chi connectivity index (χ1n) is 15.5. The molecule has 45 heavy (non-hydrogen) atoms. The lowest BCUT2D eigenvalue weighted by molar-refractivity contribution is 0.660. The van der Waals surface area contributed by atoms with E-state index in [9.17, 15) is 0 Å². The van der Waals surface area contributed by atoms with Crippen molar-refractivity contribution < 1.29 is 0 Å². The van der Waals surface area contributed by atoms with Crippen LogP contribution in [0, 0.1) is 0 Å². The number of pyridine rings is 1. The zero-order valence-corrected chi connectivity index (χ0v) is 26.0. The maximum Gasteiger partial charge on any atom is 0.0476 e. The van der Waals surface area contributed by atoms with Crippen LogP contribution in [-0.2, 0) is 5.41 Å². The van der Waals surface area contributed by atoms with E-state index in [0.29, 0.717) is 0 Å². The first-order valence-corrected chi connectivity index (χ1v) is 16.3. The summed E-state index contributed by atoms with van der Waals surface area (Å²) in [6, 6.07) is 49.0. The van der Waals surface area contributed by atoms with Crippen LogP contribution in [0.1, 0.15) is 25.0 Å². The van der Waals surface area contributed by atoms with E-state index in [1.165, 1.54) is 64.3 Å². The van der Waals surface area contributed by atoms with Crippen molar-refractivity contribution >= 4 is 59.3 Å². The summed E-state index contributed by atoms with van der Waals surface area (Å²) in [7, 11) is 0. The molecule has 1 aliphatic carbocycles. The lowest BCUT2D eigenvalue weighted by Crippen LogP contribution is -2.15. The Morgan fingerprint density at radius 3 is 2.11 bits per heavy atom. The van der Waals surface area contributed by atoms with E-state index in [4.69, 9.17) is 0 Å². The van der Waals surface area contributed by atoms with E-state index in [2.05, 4.69) is 157 Å². The van der Waals surface area contributed by atoms with Crippen LogP contribution in [0.15, 0.2) is 146 Å². The Bertz CT molecular complexity index is 2400. The van der Waals surface area contributed by atoms with Gasteiger partial charge in [-0.2, -0.15) is 0 Å². The predicted octanol–water partition coefficient (Wildman–Crippen LogP) is 12.0. The van der Waals surface area contributed by atoms with Gasteiger partial charge >= 0.3 is 0 Å². The minimum atomic E-state index is -0.0269. The molecule has 0 saturated carbocycles. The molecule has 2 nitrogen and oxygen atoms in total. The number of rotatable bonds is 4. The summed E-state index contributed by atoms with van der Waals surface area (Å²) >= 11 is 1.87. The first-order chi connectivity index (χ1) is 22.1. The molecule has 0 amide bonds. The number of aromatic nitrogens is 1. The lowest BCUT2D eigenvalue weighted by atomic mass is 9.82. The van der Waals surface area contributed by atoms with Crippen molar-refractivity contribution in [2.45, 2.75) is 19.3 Å². The average Bonchev–Trinajstić information content (AvgIpc) is 3.58. The SMILES string of the molecule is CC1(C)c2ccccc2-c2cc(N(c3ccc(-c4ccccc4)cc3)c3ccc4c(c3)sc3c5ccncc5ccc43)ccc21. The molecular formula is C42H30N2S. The van der Waals surface area contributed by atoms with Gasteiger partial charge in [-0.3, -0.25) is 4.98 Å². The van der Waals surface area contributed by atoms with E-state index in [-0.39, 0.29) is 5.41 Å². The Morgan fingerprint density at radius 2 is 1.24 bits per heavy atom. The zero-order chi connectivity index (χ0) is 30.1. The molecule has 0 spiro atoms. The van der Waals surface area contributed by atoms with Crippen LogP contribution in [0.5, 0.6) is 0 Å². The van der Waals surface area contributed by atoms with Gasteiger partial charge in [-0.25, -0.2) is 0 Å². The first kappa shape index (κ1) is 26.2. The molecule has 0 atom stereocenters. The van der Waals surface area contributed by atoms with Gasteiger partial charge in [0.2, 0.25) is 0 Å². The molecule has 0 aliphatic heterocycles. The Balaban J connectivity index is 1.23. The third-order valence-corrected chi connectivity index (χ3v) is 10.8. The van der Waals surface area contributed by atoms with Crippen molar-refractivity contribution in [1.29, 1.82) is 0 Å². The predicted molar refractivity (Wildman–Crippen MR) is 192 cm³/mol. The summed E-state index contributed by atoms with van der Waals surface area (Å²) in [5.41, 5.74) is 11.3. The number of benzene rings is 6. The van der Waals surface area contributed by atoms with Crippen LogP contribution in [0.2, 0.25) is 0 Å². The molecule has 0 bridgehead atoms. The topological polar surface area (TPSA) is 16.1 Å². The van der Waals surface area contributed by atoms with E-state index in [1.807, 2.05) is 23.7 Å². The summed E-state index contributed by atoms with van der Waals surface area (Å²) in [5.74, 6) is 0. The number of anilines is 3. The summed E-state index contributed by atoms with van der Waals surface area (Å²) in [5, 5.41) is 5.04. The molecule has 214 valence electrons. The second-order valence-electron chi connectivity index (χ2n) is 12.5. The number of nitrogens with zero attached hydrogens (tertiary/aromatic N) is 2. The van der Waals surface area contributed by atoms with Gasteiger partial charge in [-0.05, 0) is 75.8 Å². The molecule has 6 aromatic carbocycles. The number of hydrogen-bond donors (Lipinski definition) is 0. The van der Waals surface area contributed by atoms with Gasteiger partial charge in [-0.1, -0.05) is 105 Å². The van der Waals surface area contributed by atoms with Crippen LogP contribution in [0.25, 0.3) is 53.2 Å². The summed E-state index contributed by atoms with van der Waals surface area (Å²) in [4.78, 5) is 6.76. The molecule has 0 unspecified atom stereocenters. The standard InChI is InChI=1S/C42H30N2S/c1-42(2)38-11-7-6-10-34(38)37-24-31(18-21-39(37)42)44(30-15-12-28(13-16-30)27-8-4-3-5-9-27)32-17-20-35-36-19-14-29-26-43-23-22-33(29)41(36)45-40(35)25-32/h3-26H,1-2H3. The van der Waals surface area contributed by atoms with Gasteiger partial charge in [0.1, 0.15) is 0 Å². The van der Waals surface area contributed by atoms with Gasteiger partial charge in [0.15, 0.2) is 0 Å². The van der Waals surface area contributed by atoms with Crippen LogP contribution in [0.3, 0.4) is 0 Å². The number of fused-ring (bicyclic) bond motifs is 8. The highest BCUT2D eigenvalue weighted by Gasteiger charge is 2.35. The van der Waals surface area contributed by atoms with Gasteiger partial charge in [-0.15, -0.1) is 11.3 Å². The Hall–Kier alpha value is -5.25. The molecule has 3 heteroatoms. The van der Waals surface area contributed by atoms with Gasteiger partial charge in [0.25, 0.3) is 0 Å². The van der Waals surface area contributed by atoms with Crippen LogP contribution in [-0.4, -0.2) is 4.98 Å². The van der Waals surface area contributed by atoms with Crippen LogP contribution < -0.4 is 4.90 Å². The molecule has 9 rings (SSSR count). The third-order valence-electron chi connectivity index (χ3n) is 9.55. The Kier molecular flexibility index (Phi) is 5.75. The van der Waals surface area contributed by atoms with Gasteiger partial charge in [0, 0.05) is 65.8 Å². The third kappa shape index (κ3) is 4.04. The monoisotopic (exact) mass is 594 g/mol. The van der Waals surface area contributed by atoms with Gasteiger partial charge in [0.05, 0.1) is 0 Å². The fraction of sp³-hybridized carbons (Fsp3) is 0.0714. The molecule has 0 N–H and O–H groups in total. The summed E-state index contributed by atoms with van der Waals surface area (Å²) < 4.78 is 2.60. The molecule has 0 saturated heterocycles. The highest BCUT2D eigenvalue weighted by molar-refractivity contribution is 7.26. The Morgan fingerprint density at radius 1 is 0.556 bits per heavy atom. The van der Waals surface area contributed by atoms with Crippen molar-refractivity contribution in [1.82, 2.24) is 4.98 Å². The molecule has 2 aromatic heterocycles. The zero-order valence-electron chi connectivity index (χ0n) is 25.2. The highest BCUT2D eigenvalue weighted by Crippen LogP contribution is 2.51. The van der Waals surface area contributed by atoms with Crippen molar-refractivity contribution in [3.63, 3.8) is 0 Å². The van der Waals surface area contributed by atoms with Crippen molar-refractivity contribution in [3.05, 3.63) is 157 Å². The van der Waals surface area contributed by atoms with E-state index in [1.54, 1.807) is 0 Å². The van der Waals surface area contributed by atoms with Gasteiger partial charge < -0.3 is 4.90 Å². The normalized spacial score (nSPS) is 13.3. The van der Waals surface area contributed by atoms with Crippen molar-refractivity contribution in [2.24, 2.45) is 0 Å².